The van der Waals surface area contributed by atoms with Crippen molar-refractivity contribution in [2.45, 2.75) is 67.5 Å². The Bertz CT molecular complexity index is 392. The van der Waals surface area contributed by atoms with Gasteiger partial charge in [-0.2, -0.15) is 0 Å². The van der Waals surface area contributed by atoms with E-state index >= 15 is 0 Å². The molecule has 1 aliphatic heterocycles. The van der Waals surface area contributed by atoms with Gasteiger partial charge in [0.1, 0.15) is 30.5 Å². The topological polar surface area (TPSA) is 203 Å². The Morgan fingerprint density at radius 2 is 1.35 bits per heavy atom. The Hall–Kier alpha value is 0.760. The summed E-state index contributed by atoms with van der Waals surface area (Å²) in [5.74, 6) is 0. The minimum Gasteiger partial charge on any atom is -0.389 e. The van der Waals surface area contributed by atoms with E-state index in [1.54, 1.807) is 0 Å². The summed E-state index contributed by atoms with van der Waals surface area (Å²) in [6, 6.07) is -2.34. The molecule has 1 heterocycles. The molecule has 1 aliphatic carbocycles. The lowest BCUT2D eigenvalue weighted by Crippen LogP contribution is -2.67. The van der Waals surface area contributed by atoms with E-state index in [2.05, 4.69) is 0 Å². The molecule has 0 aromatic rings. The standard InChI is InChI=1S/C12H26N4O6.4ClH/c13-2-5-8(18)9(19)6(16)12(21-5)22-11-4(15)1-3(14)7(17)10(11)20;;;;/h3-12,17-20H,1-2,13-16H2;4*1H. The normalized spacial score (nSPS) is 45.2. The zero-order chi connectivity index (χ0) is 16.6. The lowest BCUT2D eigenvalue weighted by Gasteiger charge is -2.45. The quantitative estimate of drug-likeness (QED) is 0.206. The maximum absolute atomic E-state index is 10.1. The van der Waals surface area contributed by atoms with E-state index in [-0.39, 0.29) is 62.6 Å². The summed E-state index contributed by atoms with van der Waals surface area (Å²) in [7, 11) is 0. The van der Waals surface area contributed by atoms with Gasteiger partial charge in [0, 0.05) is 18.6 Å². The van der Waals surface area contributed by atoms with Crippen molar-refractivity contribution >= 4 is 49.6 Å². The first-order valence-electron chi connectivity index (χ1n) is 7.28. The van der Waals surface area contributed by atoms with Crippen LogP contribution in [-0.4, -0.2) is 88.0 Å². The Labute approximate surface area is 176 Å². The van der Waals surface area contributed by atoms with Gasteiger partial charge in [-0.1, -0.05) is 0 Å². The first-order chi connectivity index (χ1) is 10.3. The summed E-state index contributed by atoms with van der Waals surface area (Å²) < 4.78 is 11.0. The maximum Gasteiger partial charge on any atom is 0.176 e. The summed E-state index contributed by atoms with van der Waals surface area (Å²) in [4.78, 5) is 0. The number of rotatable bonds is 3. The fourth-order valence-electron chi connectivity index (χ4n) is 2.89. The molecule has 2 aliphatic rings. The minimum atomic E-state index is -1.31. The van der Waals surface area contributed by atoms with Crippen molar-refractivity contribution in [2.24, 2.45) is 22.9 Å². The molecule has 2 rings (SSSR count). The Morgan fingerprint density at radius 3 is 1.85 bits per heavy atom. The number of halogens is 4. The lowest BCUT2D eigenvalue weighted by molar-refractivity contribution is -0.287. The van der Waals surface area contributed by atoms with Crippen molar-refractivity contribution in [1.82, 2.24) is 0 Å². The molecular formula is C12H30Cl4N4O6. The fraction of sp³-hybridized carbons (Fsp3) is 1.00. The highest BCUT2D eigenvalue weighted by Crippen LogP contribution is 2.26. The lowest BCUT2D eigenvalue weighted by atomic mass is 9.84. The predicted octanol–water partition coefficient (Wildman–Crippen LogP) is -3.43. The van der Waals surface area contributed by atoms with E-state index in [9.17, 15) is 20.4 Å². The Kier molecular flexibility index (Phi) is 15.8. The molecule has 12 N–H and O–H groups in total. The van der Waals surface area contributed by atoms with Crippen LogP contribution in [0.2, 0.25) is 0 Å². The van der Waals surface area contributed by atoms with Gasteiger partial charge < -0.3 is 52.8 Å². The average Bonchev–Trinajstić information content (AvgIpc) is 2.49. The summed E-state index contributed by atoms with van der Waals surface area (Å²) in [5, 5.41) is 39.6. The highest BCUT2D eigenvalue weighted by Gasteiger charge is 2.47. The van der Waals surface area contributed by atoms with Crippen molar-refractivity contribution in [1.29, 1.82) is 0 Å². The maximum atomic E-state index is 10.1. The molecule has 10 atom stereocenters. The number of nitrogens with two attached hydrogens (primary N) is 4. The molecule has 14 heteroatoms. The molecule has 0 spiro atoms. The molecule has 162 valence electrons. The Balaban J connectivity index is -0.00000132. The molecular weight excluding hydrogens is 438 g/mol. The predicted molar refractivity (Wildman–Crippen MR) is 104 cm³/mol. The molecule has 0 bridgehead atoms. The van der Waals surface area contributed by atoms with Gasteiger partial charge in [0.25, 0.3) is 0 Å². The van der Waals surface area contributed by atoms with Gasteiger partial charge >= 0.3 is 0 Å². The van der Waals surface area contributed by atoms with Gasteiger partial charge in [-0.3, -0.25) is 0 Å². The van der Waals surface area contributed by atoms with Gasteiger partial charge in [0.05, 0.1) is 12.1 Å². The van der Waals surface area contributed by atoms with Crippen molar-refractivity contribution in [3.05, 3.63) is 0 Å². The van der Waals surface area contributed by atoms with Crippen LogP contribution in [0.5, 0.6) is 0 Å². The highest BCUT2D eigenvalue weighted by molar-refractivity contribution is 5.86. The second-order valence-electron chi connectivity index (χ2n) is 5.98. The SMILES string of the molecule is Cl.Cl.Cl.Cl.NCC1OC(OC2C(N)CC(N)C(O)C2O)C(N)C(O)C1O. The molecule has 0 aromatic heterocycles. The molecule has 1 saturated carbocycles. The third kappa shape index (κ3) is 6.39. The van der Waals surface area contributed by atoms with E-state index in [1.807, 2.05) is 0 Å². The number of hydrogen-bond donors (Lipinski definition) is 8. The summed E-state index contributed by atoms with van der Waals surface area (Å²) >= 11 is 0. The molecule has 26 heavy (non-hydrogen) atoms. The van der Waals surface area contributed by atoms with E-state index in [1.165, 1.54) is 0 Å². The molecule has 1 saturated heterocycles. The number of aliphatic hydroxyl groups is 4. The van der Waals surface area contributed by atoms with Crippen LogP contribution in [-0.2, 0) is 9.47 Å². The highest BCUT2D eigenvalue weighted by atomic mass is 35.5. The molecule has 0 radical (unpaired) electrons. The van der Waals surface area contributed by atoms with E-state index in [0.717, 1.165) is 0 Å². The molecule has 2 fully saturated rings. The number of aliphatic hydroxyl groups excluding tert-OH is 4. The zero-order valence-corrected chi connectivity index (χ0v) is 17.0. The third-order valence-electron chi connectivity index (χ3n) is 4.36. The van der Waals surface area contributed by atoms with Crippen LogP contribution < -0.4 is 22.9 Å². The van der Waals surface area contributed by atoms with Gasteiger partial charge in [0.2, 0.25) is 0 Å². The van der Waals surface area contributed by atoms with Gasteiger partial charge in [0.15, 0.2) is 6.29 Å². The smallest absolute Gasteiger partial charge is 0.176 e. The third-order valence-corrected chi connectivity index (χ3v) is 4.36. The number of hydrogen-bond acceptors (Lipinski definition) is 10. The molecule has 0 aromatic carbocycles. The summed E-state index contributed by atoms with van der Waals surface area (Å²) in [6.45, 7) is -0.0441. The van der Waals surface area contributed by atoms with Gasteiger partial charge in [-0.25, -0.2) is 0 Å². The van der Waals surface area contributed by atoms with Crippen LogP contribution >= 0.6 is 49.6 Å². The molecule has 10 unspecified atom stereocenters. The van der Waals surface area contributed by atoms with Crippen LogP contribution in [0.15, 0.2) is 0 Å². The fourth-order valence-corrected chi connectivity index (χ4v) is 2.89. The van der Waals surface area contributed by atoms with Crippen LogP contribution in [0.25, 0.3) is 0 Å². The van der Waals surface area contributed by atoms with Crippen LogP contribution in [0.3, 0.4) is 0 Å². The number of ether oxygens (including phenoxy) is 2. The molecule has 10 nitrogen and oxygen atoms in total. The van der Waals surface area contributed by atoms with Crippen molar-refractivity contribution in [3.63, 3.8) is 0 Å². The average molecular weight is 468 g/mol. The van der Waals surface area contributed by atoms with Crippen LogP contribution in [0, 0.1) is 0 Å². The molecule has 0 amide bonds. The Morgan fingerprint density at radius 1 is 0.808 bits per heavy atom. The van der Waals surface area contributed by atoms with E-state index in [0.29, 0.717) is 0 Å². The largest absolute Gasteiger partial charge is 0.389 e. The van der Waals surface area contributed by atoms with Crippen LogP contribution in [0.4, 0.5) is 0 Å². The monoisotopic (exact) mass is 466 g/mol. The van der Waals surface area contributed by atoms with Gasteiger partial charge in [-0.15, -0.1) is 49.6 Å². The second-order valence-corrected chi connectivity index (χ2v) is 5.98. The van der Waals surface area contributed by atoms with E-state index in [4.69, 9.17) is 32.4 Å². The van der Waals surface area contributed by atoms with Crippen LogP contribution in [0.1, 0.15) is 6.42 Å². The zero-order valence-electron chi connectivity index (χ0n) is 13.7. The second kappa shape index (κ2) is 13.1. The first-order valence-corrected chi connectivity index (χ1v) is 7.28. The van der Waals surface area contributed by atoms with Crippen molar-refractivity contribution < 1.29 is 29.9 Å². The first kappa shape index (κ1) is 31.5. The summed E-state index contributed by atoms with van der Waals surface area (Å²) in [5.41, 5.74) is 22.8. The van der Waals surface area contributed by atoms with Gasteiger partial charge in [-0.05, 0) is 6.42 Å². The van der Waals surface area contributed by atoms with Crippen molar-refractivity contribution in [3.8, 4) is 0 Å². The minimum absolute atomic E-state index is 0. The van der Waals surface area contributed by atoms with E-state index < -0.39 is 61.0 Å². The summed E-state index contributed by atoms with van der Waals surface area (Å²) in [6.07, 6.45) is -7.73. The van der Waals surface area contributed by atoms with Crippen molar-refractivity contribution in [2.75, 3.05) is 6.54 Å².